The highest BCUT2D eigenvalue weighted by Crippen LogP contribution is 2.24. The molecule has 2 aromatic carbocycles. The fourth-order valence-electron chi connectivity index (χ4n) is 3.91. The van der Waals surface area contributed by atoms with Gasteiger partial charge in [0.15, 0.2) is 0 Å². The number of likely N-dealkylation sites (tertiary alicyclic amines) is 1. The first-order valence-corrected chi connectivity index (χ1v) is 10.2. The van der Waals surface area contributed by atoms with E-state index in [2.05, 4.69) is 44.9 Å². The highest BCUT2D eigenvalue weighted by Gasteiger charge is 2.23. The summed E-state index contributed by atoms with van der Waals surface area (Å²) in [7, 11) is 0. The molecule has 1 aliphatic rings. The Morgan fingerprint density at radius 3 is 2.59 bits per heavy atom. The fraction of sp³-hybridized carbons (Fsp3) is 0.304. The summed E-state index contributed by atoms with van der Waals surface area (Å²) < 4.78 is 1.85. The average molecular weight is 390 g/mol. The Labute approximate surface area is 171 Å². The maximum atomic E-state index is 12.6. The van der Waals surface area contributed by atoms with Crippen LogP contribution in [0.1, 0.15) is 30.1 Å². The molecule has 29 heavy (non-hydrogen) atoms. The zero-order valence-corrected chi connectivity index (χ0v) is 16.7. The van der Waals surface area contributed by atoms with Crippen LogP contribution in [-0.4, -0.2) is 40.3 Å². The van der Waals surface area contributed by atoms with Gasteiger partial charge in [-0.15, -0.1) is 0 Å². The molecule has 6 nitrogen and oxygen atoms in total. The molecule has 150 valence electrons. The van der Waals surface area contributed by atoms with Gasteiger partial charge in [0.1, 0.15) is 0 Å². The molecule has 0 spiro atoms. The molecule has 2 heterocycles. The summed E-state index contributed by atoms with van der Waals surface area (Å²) in [6.45, 7) is 4.73. The van der Waals surface area contributed by atoms with E-state index in [4.69, 9.17) is 0 Å². The van der Waals surface area contributed by atoms with E-state index in [0.717, 1.165) is 30.2 Å². The molecule has 1 atom stereocenters. The summed E-state index contributed by atoms with van der Waals surface area (Å²) in [5.41, 5.74) is 3.95. The molecular weight excluding hydrogens is 362 g/mol. The maximum Gasteiger partial charge on any atom is 0.319 e. The van der Waals surface area contributed by atoms with Crippen LogP contribution < -0.4 is 10.6 Å². The van der Waals surface area contributed by atoms with Crippen molar-refractivity contribution in [3.8, 4) is 5.69 Å². The van der Waals surface area contributed by atoms with E-state index in [1.807, 2.05) is 48.0 Å². The molecule has 1 saturated heterocycles. The van der Waals surface area contributed by atoms with Gasteiger partial charge in [-0.3, -0.25) is 4.90 Å². The number of hydrogen-bond donors (Lipinski definition) is 2. The van der Waals surface area contributed by atoms with E-state index in [1.54, 1.807) is 6.20 Å². The second-order valence-electron chi connectivity index (χ2n) is 7.44. The molecule has 1 aromatic heterocycles. The van der Waals surface area contributed by atoms with Crippen molar-refractivity contribution in [3.05, 3.63) is 78.1 Å². The lowest BCUT2D eigenvalue weighted by Crippen LogP contribution is -2.38. The lowest BCUT2D eigenvalue weighted by atomic mass is 10.1. The van der Waals surface area contributed by atoms with E-state index in [0.29, 0.717) is 6.54 Å². The van der Waals surface area contributed by atoms with Crippen molar-refractivity contribution in [3.63, 3.8) is 0 Å². The van der Waals surface area contributed by atoms with Gasteiger partial charge in [0.25, 0.3) is 0 Å². The first-order valence-electron chi connectivity index (χ1n) is 10.2. The Kier molecular flexibility index (Phi) is 5.91. The third-order valence-corrected chi connectivity index (χ3v) is 5.40. The predicted octanol–water partition coefficient (Wildman–Crippen LogP) is 4.14. The van der Waals surface area contributed by atoms with Crippen molar-refractivity contribution in [1.29, 1.82) is 0 Å². The summed E-state index contributed by atoms with van der Waals surface area (Å²) in [5.74, 6) is 0. The van der Waals surface area contributed by atoms with Crippen LogP contribution in [0.15, 0.2) is 66.9 Å². The van der Waals surface area contributed by atoms with Crippen LogP contribution in [0, 0.1) is 6.92 Å². The van der Waals surface area contributed by atoms with Crippen molar-refractivity contribution in [2.75, 3.05) is 25.0 Å². The minimum absolute atomic E-state index is 0.195. The van der Waals surface area contributed by atoms with Gasteiger partial charge >= 0.3 is 6.03 Å². The number of hydrogen-bond acceptors (Lipinski definition) is 3. The number of anilines is 1. The zero-order chi connectivity index (χ0) is 20.1. The first kappa shape index (κ1) is 19.2. The number of rotatable bonds is 6. The summed E-state index contributed by atoms with van der Waals surface area (Å²) in [4.78, 5) is 15.0. The van der Waals surface area contributed by atoms with E-state index < -0.39 is 0 Å². The van der Waals surface area contributed by atoms with E-state index in [9.17, 15) is 4.79 Å². The fourth-order valence-corrected chi connectivity index (χ4v) is 3.91. The average Bonchev–Trinajstić information content (AvgIpc) is 3.41. The van der Waals surface area contributed by atoms with Gasteiger partial charge < -0.3 is 10.6 Å². The molecule has 0 aliphatic carbocycles. The molecule has 2 amide bonds. The van der Waals surface area contributed by atoms with Gasteiger partial charge in [-0.2, -0.15) is 5.10 Å². The van der Waals surface area contributed by atoms with Gasteiger partial charge in [-0.05, 0) is 62.7 Å². The molecule has 0 radical (unpaired) electrons. The monoisotopic (exact) mass is 389 g/mol. The summed E-state index contributed by atoms with van der Waals surface area (Å²) in [6, 6.07) is 20.1. The molecule has 1 fully saturated rings. The van der Waals surface area contributed by atoms with Crippen molar-refractivity contribution in [2.24, 2.45) is 0 Å². The normalized spacial score (nSPS) is 15.2. The van der Waals surface area contributed by atoms with Crippen LogP contribution in [-0.2, 0) is 0 Å². The number of aryl methyl sites for hydroxylation is 1. The second kappa shape index (κ2) is 8.92. The Hall–Kier alpha value is -3.12. The van der Waals surface area contributed by atoms with Gasteiger partial charge in [0.05, 0.1) is 11.7 Å². The smallest absolute Gasteiger partial charge is 0.319 e. The molecule has 3 aromatic rings. The Bertz CT molecular complexity index is 947. The molecule has 1 unspecified atom stereocenters. The van der Waals surface area contributed by atoms with Crippen LogP contribution in [0.2, 0.25) is 0 Å². The van der Waals surface area contributed by atoms with E-state index >= 15 is 0 Å². The number of aromatic nitrogens is 2. The Morgan fingerprint density at radius 1 is 1.07 bits per heavy atom. The third kappa shape index (κ3) is 4.66. The van der Waals surface area contributed by atoms with Gasteiger partial charge in [0, 0.05) is 24.1 Å². The van der Waals surface area contributed by atoms with Crippen molar-refractivity contribution in [1.82, 2.24) is 20.0 Å². The number of nitrogens with one attached hydrogen (secondary N) is 2. The van der Waals surface area contributed by atoms with E-state index in [-0.39, 0.29) is 12.1 Å². The summed E-state index contributed by atoms with van der Waals surface area (Å²) in [6.07, 6.45) is 4.20. The van der Waals surface area contributed by atoms with Gasteiger partial charge in [-0.1, -0.05) is 36.4 Å². The number of amides is 2. The molecule has 0 bridgehead atoms. The number of urea groups is 1. The largest absolute Gasteiger partial charge is 0.336 e. The van der Waals surface area contributed by atoms with Crippen LogP contribution >= 0.6 is 0 Å². The number of carbonyl (C=O) groups is 1. The molecule has 1 aliphatic heterocycles. The Balaban J connectivity index is 1.41. The summed E-state index contributed by atoms with van der Waals surface area (Å²) >= 11 is 0. The van der Waals surface area contributed by atoms with Crippen LogP contribution in [0.5, 0.6) is 0 Å². The van der Waals surface area contributed by atoms with Crippen LogP contribution in [0.25, 0.3) is 5.69 Å². The van der Waals surface area contributed by atoms with Gasteiger partial charge in [-0.25, -0.2) is 9.48 Å². The predicted molar refractivity (Wildman–Crippen MR) is 115 cm³/mol. The number of nitrogens with zero attached hydrogens (tertiary/aromatic N) is 3. The SMILES string of the molecule is Cc1ccnn1-c1cccc(NC(=O)NCC(c2ccccc2)N2CCCC2)c1. The minimum atomic E-state index is -0.195. The quantitative estimate of drug-likeness (QED) is 0.666. The molecule has 6 heteroatoms. The standard InChI is InChI=1S/C23H27N5O/c1-18-12-13-25-28(18)21-11-7-10-20(16-21)26-23(29)24-17-22(27-14-5-6-15-27)19-8-3-2-4-9-19/h2-4,7-13,16,22H,5-6,14-15,17H2,1H3,(H2,24,26,29). The second-order valence-corrected chi connectivity index (χ2v) is 7.44. The maximum absolute atomic E-state index is 12.6. The summed E-state index contributed by atoms with van der Waals surface area (Å²) in [5, 5.41) is 10.3. The lowest BCUT2D eigenvalue weighted by Gasteiger charge is -2.28. The van der Waals surface area contributed by atoms with Crippen LogP contribution in [0.4, 0.5) is 10.5 Å². The van der Waals surface area contributed by atoms with Crippen molar-refractivity contribution >= 4 is 11.7 Å². The molecule has 2 N–H and O–H groups in total. The highest BCUT2D eigenvalue weighted by molar-refractivity contribution is 5.89. The molecular formula is C23H27N5O. The van der Waals surface area contributed by atoms with Crippen molar-refractivity contribution < 1.29 is 4.79 Å². The first-order chi connectivity index (χ1) is 14.2. The number of carbonyl (C=O) groups excluding carboxylic acids is 1. The number of benzene rings is 2. The minimum Gasteiger partial charge on any atom is -0.336 e. The zero-order valence-electron chi connectivity index (χ0n) is 16.7. The molecule has 4 rings (SSSR count). The van der Waals surface area contributed by atoms with Gasteiger partial charge in [0.2, 0.25) is 0 Å². The van der Waals surface area contributed by atoms with Crippen LogP contribution in [0.3, 0.4) is 0 Å². The highest BCUT2D eigenvalue weighted by atomic mass is 16.2. The van der Waals surface area contributed by atoms with Crippen molar-refractivity contribution in [2.45, 2.75) is 25.8 Å². The third-order valence-electron chi connectivity index (χ3n) is 5.40. The molecule has 0 saturated carbocycles. The Morgan fingerprint density at radius 2 is 1.86 bits per heavy atom. The topological polar surface area (TPSA) is 62.2 Å². The lowest BCUT2D eigenvalue weighted by molar-refractivity contribution is 0.227. The van der Waals surface area contributed by atoms with E-state index in [1.165, 1.54) is 18.4 Å².